The first kappa shape index (κ1) is 63.5. The fourth-order valence-corrected chi connectivity index (χ4v) is 52.5. The van der Waals surface area contributed by atoms with Gasteiger partial charge in [-0.05, 0) is 195 Å². The van der Waals surface area contributed by atoms with Gasteiger partial charge in [-0.3, -0.25) is 0 Å². The molecule has 0 unspecified atom stereocenters. The van der Waals surface area contributed by atoms with Crippen molar-refractivity contribution in [1.29, 1.82) is 0 Å². The molecule has 0 aromatic heterocycles. The average molecular weight is 990 g/mol. The highest BCUT2D eigenvalue weighted by atomic mass is 28.5. The van der Waals surface area contributed by atoms with Crippen molar-refractivity contribution in [3.8, 4) is 23.8 Å². The molecule has 332 valence electrons. The van der Waals surface area contributed by atoms with Crippen molar-refractivity contribution >= 4 is 102 Å². The lowest BCUT2D eigenvalue weighted by Gasteiger charge is -2.39. The molecule has 20 heteroatoms. The number of rotatable bonds is 18. The Labute approximate surface area is 363 Å². The standard InChI is InChI=1S/C10H30O3Si4.C10H20O2Si3.C8H24O2Si3.C8H18OSi2/c1-14(2,3)11-16(7,8)13-17(9,10)12-15(4,5)6;1-8-9-10-14(4,5)12-15(6,7)11-13(2)3;1-11(2,3)9-13(7,8)10-12(4,5)6;1-7-10(3,4)9-11(5,6)8-2/h1-10H3;1,13H,2-7H3;1-8H3;7-8H,1-2H2,3-6H3. The zero-order chi connectivity index (χ0) is 46.3. The van der Waals surface area contributed by atoms with Crippen LogP contribution in [0.15, 0.2) is 24.6 Å². The molecule has 0 bridgehead atoms. The van der Waals surface area contributed by atoms with Crippen molar-refractivity contribution in [2.24, 2.45) is 0 Å². The van der Waals surface area contributed by atoms with Gasteiger partial charge in [0, 0.05) is 0 Å². The van der Waals surface area contributed by atoms with E-state index >= 15 is 0 Å². The highest BCUT2D eigenvalue weighted by molar-refractivity contribution is 6.91. The van der Waals surface area contributed by atoms with Crippen LogP contribution in [0.1, 0.15) is 0 Å². The van der Waals surface area contributed by atoms with Crippen LogP contribution < -0.4 is 0 Å². The summed E-state index contributed by atoms with van der Waals surface area (Å²) in [7, 11) is -20.1. The van der Waals surface area contributed by atoms with Gasteiger partial charge in [0.1, 0.15) is 0 Å². The van der Waals surface area contributed by atoms with Crippen LogP contribution in [0, 0.1) is 23.8 Å². The van der Waals surface area contributed by atoms with Gasteiger partial charge in [-0.2, -0.15) is 0 Å². The molecule has 0 aromatic carbocycles. The number of terminal acetylenes is 1. The van der Waals surface area contributed by atoms with Gasteiger partial charge >= 0.3 is 34.2 Å². The van der Waals surface area contributed by atoms with Gasteiger partial charge in [0.15, 0.2) is 58.9 Å². The first-order valence-electron chi connectivity index (χ1n) is 19.9. The molecule has 0 spiro atoms. The molecule has 8 nitrogen and oxygen atoms in total. The Morgan fingerprint density at radius 1 is 0.411 bits per heavy atom. The molecule has 0 saturated carbocycles. The van der Waals surface area contributed by atoms with Crippen LogP contribution in [0.3, 0.4) is 0 Å². The Hall–Kier alpha value is 0.883. The SMILES string of the molecule is C#CC#C[Si](C)(C)O[Si](C)(C)O[SiH](C)C.C=C[Si](C)(C)O[Si](C)(C)C=C.C[Si](C)(C)O[Si](C)(C)O[Si](C)(C)C.C[Si](C)(C)O[Si](C)(C)O[Si](C)(C)O[Si](C)(C)C. The predicted molar refractivity (Wildman–Crippen MR) is 280 cm³/mol. The second kappa shape index (κ2) is 24.5. The summed E-state index contributed by atoms with van der Waals surface area (Å²) in [6, 6.07) is 0. The maximum Gasteiger partial charge on any atom is 0.312 e. The third-order valence-electron chi connectivity index (χ3n) is 5.66. The van der Waals surface area contributed by atoms with Gasteiger partial charge in [-0.15, -0.1) is 19.6 Å². The van der Waals surface area contributed by atoms with Crippen LogP contribution in [0.4, 0.5) is 0 Å². The van der Waals surface area contributed by atoms with Crippen LogP contribution in [-0.2, 0) is 32.9 Å². The zero-order valence-electron chi connectivity index (χ0n) is 42.0. The maximum absolute atomic E-state index is 6.28. The summed E-state index contributed by atoms with van der Waals surface area (Å²) in [5.41, 5.74) is 6.97. The summed E-state index contributed by atoms with van der Waals surface area (Å²) in [6.07, 6.45) is 5.11. The molecule has 56 heavy (non-hydrogen) atoms. The van der Waals surface area contributed by atoms with E-state index in [2.05, 4.69) is 214 Å². The summed E-state index contributed by atoms with van der Waals surface area (Å²) >= 11 is 0. The number of hydrogen-bond donors (Lipinski definition) is 0. The molecule has 0 rings (SSSR count). The van der Waals surface area contributed by atoms with Crippen molar-refractivity contribution in [3.05, 3.63) is 24.6 Å². The Morgan fingerprint density at radius 2 is 0.679 bits per heavy atom. The fraction of sp³-hybridized carbons (Fsp3) is 0.778. The third kappa shape index (κ3) is 46.0. The largest absolute Gasteiger partial charge is 0.449 e. The van der Waals surface area contributed by atoms with Gasteiger partial charge in [-0.25, -0.2) is 0 Å². The summed E-state index contributed by atoms with van der Waals surface area (Å²) in [5, 5.41) is 0. The normalized spacial score (nSPS) is 13.7. The van der Waals surface area contributed by atoms with E-state index in [0.29, 0.717) is 0 Å². The number of hydrogen-bond acceptors (Lipinski definition) is 8. The van der Waals surface area contributed by atoms with E-state index in [4.69, 9.17) is 39.3 Å². The van der Waals surface area contributed by atoms with E-state index < -0.39 is 102 Å². The monoisotopic (exact) mass is 988 g/mol. The maximum atomic E-state index is 6.28. The van der Waals surface area contributed by atoms with E-state index in [1.807, 2.05) is 11.4 Å². The molecule has 0 aliphatic rings. The molecular formula is C36H92O8Si12. The first-order chi connectivity index (χ1) is 24.0. The third-order valence-corrected chi connectivity index (χ3v) is 42.3. The van der Waals surface area contributed by atoms with Crippen LogP contribution in [0.2, 0.25) is 183 Å². The molecular weight excluding hydrogens is 897 g/mol. The van der Waals surface area contributed by atoms with Crippen molar-refractivity contribution in [1.82, 2.24) is 0 Å². The predicted octanol–water partition coefficient (Wildman–Crippen LogP) is 12.5. The van der Waals surface area contributed by atoms with Crippen molar-refractivity contribution in [2.75, 3.05) is 0 Å². The van der Waals surface area contributed by atoms with Crippen LogP contribution >= 0.6 is 0 Å². The molecule has 0 aliphatic carbocycles. The lowest BCUT2D eigenvalue weighted by atomic mass is 10.7. The Morgan fingerprint density at radius 3 is 0.893 bits per heavy atom. The van der Waals surface area contributed by atoms with Gasteiger partial charge in [-0.1, -0.05) is 16.9 Å². The first-order valence-corrected chi connectivity index (χ1v) is 56.4. The quantitative estimate of drug-likeness (QED) is 0.0993. The minimum absolute atomic E-state index is 1.04. The van der Waals surface area contributed by atoms with Gasteiger partial charge < -0.3 is 32.9 Å². The Bertz CT molecular complexity index is 1210. The second-order valence-corrected chi connectivity index (χ2v) is 68.8. The van der Waals surface area contributed by atoms with Gasteiger partial charge in [0.25, 0.3) is 8.32 Å². The van der Waals surface area contributed by atoms with Gasteiger partial charge in [0.05, 0.1) is 0 Å². The summed E-state index contributed by atoms with van der Waals surface area (Å²) in [4.78, 5) is 0. The van der Waals surface area contributed by atoms with E-state index in [-0.39, 0.29) is 0 Å². The minimum atomic E-state index is -2.05. The molecule has 0 heterocycles. The van der Waals surface area contributed by atoms with Crippen LogP contribution in [0.5, 0.6) is 0 Å². The van der Waals surface area contributed by atoms with Crippen molar-refractivity contribution in [3.63, 3.8) is 0 Å². The summed E-state index contributed by atoms with van der Waals surface area (Å²) in [6.45, 7) is 68.1. The van der Waals surface area contributed by atoms with Crippen molar-refractivity contribution < 1.29 is 32.9 Å². The van der Waals surface area contributed by atoms with E-state index in [1.165, 1.54) is 0 Å². The lowest BCUT2D eigenvalue weighted by molar-refractivity contribution is 0.331. The van der Waals surface area contributed by atoms with E-state index in [9.17, 15) is 0 Å². The van der Waals surface area contributed by atoms with Crippen LogP contribution in [0.25, 0.3) is 0 Å². The molecule has 0 aromatic rings. The van der Waals surface area contributed by atoms with E-state index in [1.54, 1.807) is 0 Å². The summed E-state index contributed by atoms with van der Waals surface area (Å²) in [5.74, 6) is 4.98. The Balaban J connectivity index is -0.000000326. The second-order valence-electron chi connectivity index (χ2n) is 21.4. The lowest BCUT2D eigenvalue weighted by Crippen LogP contribution is -2.55. The van der Waals surface area contributed by atoms with Crippen molar-refractivity contribution in [2.45, 2.75) is 183 Å². The molecule has 0 radical (unpaired) electrons. The molecule has 0 atom stereocenters. The molecule has 0 amide bonds. The minimum Gasteiger partial charge on any atom is -0.449 e. The van der Waals surface area contributed by atoms with Gasteiger partial charge in [0.2, 0.25) is 0 Å². The molecule has 0 saturated heterocycles. The highest BCUT2D eigenvalue weighted by Gasteiger charge is 2.41. The Kier molecular flexibility index (Phi) is 27.8. The highest BCUT2D eigenvalue weighted by Crippen LogP contribution is 2.24. The fourth-order valence-electron chi connectivity index (χ4n) is 5.78. The smallest absolute Gasteiger partial charge is 0.312 e. The van der Waals surface area contributed by atoms with E-state index in [0.717, 1.165) is 0 Å². The van der Waals surface area contributed by atoms with Crippen LogP contribution in [-0.4, -0.2) is 102 Å². The summed E-state index contributed by atoms with van der Waals surface area (Å²) < 4.78 is 48.8. The molecule has 0 fully saturated rings. The molecule has 0 aliphatic heterocycles. The zero-order valence-corrected chi connectivity index (χ0v) is 54.1. The average Bonchev–Trinajstić information content (AvgIpc) is 2.79. The topological polar surface area (TPSA) is 73.8 Å². The molecule has 0 N–H and O–H groups in total.